The fourth-order valence-corrected chi connectivity index (χ4v) is 21.8. The van der Waals surface area contributed by atoms with E-state index in [4.69, 9.17) is 4.74 Å². The molecule has 0 bridgehead atoms. The third kappa shape index (κ3) is 28.2. The van der Waals surface area contributed by atoms with E-state index in [0.29, 0.717) is 140 Å². The Bertz CT molecular complexity index is 5230. The molecule has 2 heterocycles. The summed E-state index contributed by atoms with van der Waals surface area (Å²) in [6.07, 6.45) is 19.8. The van der Waals surface area contributed by atoms with Crippen LogP contribution in [-0.4, -0.2) is 230 Å². The molecule has 18 N–H and O–H groups in total. The van der Waals surface area contributed by atoms with Crippen LogP contribution in [0.5, 0.6) is 0 Å². The number of carbonyl (C=O) groups excluding carboxylic acids is 19. The Kier molecular flexibility index (Phi) is 37.6. The van der Waals surface area contributed by atoms with Crippen LogP contribution in [0.4, 0.5) is 0 Å². The third-order valence-corrected chi connectivity index (χ3v) is 32.2. The standard InChI is InChI=1S/C109H170N20O20/c1-69(2)73(75(131)114-101(19,20)92(148)149-21)112-84(140)102(51-31-22-32-52-102)122-77(133)94(5,6)115-86(142)104(55-35-24-36-56-104)124-79(135)96(9,10)117-88(144)106(59-39-26-40-60-106)126-81(137)98(13,14)119-90(146)108(63-43-28-44-64-108)128-83(139)100(17,18)121-91(147)109(65-45-29-46-66-109)129-82(138)99(15,16)120-89(145)107(61-41-27-42-62-107)127-80(136)97(11,12)118-87(143)105(57-37-25-38-58-105)125-78(134)95(7,8)116-85(141)103(53-33-23-34-54-103)123-76(132)93(3,4)113-74(130)70-49-50-72(111-68-70)71-48-30-47-67-110-71/h30,47-50,67-69,73H,22-29,31-46,51-66H2,1-21H3,(H,112,140)(H,113,130)(H,114,131)(H,115,142)(H,116,141)(H,117,144)(H,118,143)(H,119,146)(H,120,145)(H,121,147)(H,122,133)(H,123,132)(H,124,135)(H,125,134)(H,126,137)(H,127,136)(H,128,139)(H,129,138)/t73-/m0/s1. The average Bonchev–Trinajstić information content (AvgIpc) is 0.792. The highest BCUT2D eigenvalue weighted by Gasteiger charge is 2.58. The first-order chi connectivity index (χ1) is 69.4. The Morgan fingerprint density at radius 1 is 0.255 bits per heavy atom. The van der Waals surface area contributed by atoms with Crippen molar-refractivity contribution < 1.29 is 95.8 Å². The molecule has 0 unspecified atom stereocenters. The van der Waals surface area contributed by atoms with Crippen molar-refractivity contribution >= 4 is 112 Å². The normalized spacial score (nSPS) is 19.9. The molecule has 8 saturated carbocycles. The van der Waals surface area contributed by atoms with Gasteiger partial charge in [0.25, 0.3) is 5.91 Å². The number of esters is 1. The largest absolute Gasteiger partial charge is 0.467 e. The van der Waals surface area contributed by atoms with Gasteiger partial charge < -0.3 is 100 Å². The number of aromatic nitrogens is 2. The Morgan fingerprint density at radius 2 is 0.463 bits per heavy atom. The van der Waals surface area contributed by atoms with Gasteiger partial charge in [-0.15, -0.1) is 0 Å². The summed E-state index contributed by atoms with van der Waals surface area (Å²) in [6.45, 7) is 30.1. The predicted molar refractivity (Wildman–Crippen MR) is 557 cm³/mol. The van der Waals surface area contributed by atoms with E-state index >= 15 is 47.9 Å². The van der Waals surface area contributed by atoms with Gasteiger partial charge in [0, 0.05) is 12.4 Å². The van der Waals surface area contributed by atoms with Crippen LogP contribution < -0.4 is 95.7 Å². The summed E-state index contributed by atoms with van der Waals surface area (Å²) in [4.78, 5) is 288. The highest BCUT2D eigenvalue weighted by molar-refractivity contribution is 6.08. The van der Waals surface area contributed by atoms with Crippen LogP contribution in [0.2, 0.25) is 0 Å². The minimum atomic E-state index is -1.78. The quantitative estimate of drug-likeness (QED) is 0.0285. The van der Waals surface area contributed by atoms with Gasteiger partial charge in [-0.3, -0.25) is 96.3 Å². The molecule has 149 heavy (non-hydrogen) atoms. The van der Waals surface area contributed by atoms with Gasteiger partial charge in [-0.25, -0.2) is 4.79 Å². The summed E-state index contributed by atoms with van der Waals surface area (Å²) in [5.74, 6) is -13.6. The SMILES string of the molecule is COC(=O)C(C)(C)NC(=O)[C@@H](NC(=O)C1(NC(=O)C(C)(C)NC(=O)C2(NC(=O)C(C)(C)NC(=O)C3(NC(=O)C(C)(C)NC(=O)C4(NC(=O)C(C)(C)NC(=O)C5(NC(=O)C(C)(C)NC(=O)C6(NC(=O)C(C)(C)NC(=O)C7(NC(=O)C(C)(C)NC(=O)C8(NC(=O)C(C)(C)NC(=O)c9ccc(-c%10ccccn%10)nc9)CCCCC8)CCCCC7)CCCCC6)CCCCC5)CCCCC4)CCCCC3)CCCCC2)CCCCC1)C(C)C. The van der Waals surface area contributed by atoms with Gasteiger partial charge in [-0.1, -0.05) is 174 Å². The molecule has 8 aliphatic carbocycles. The van der Waals surface area contributed by atoms with Crippen molar-refractivity contribution in [3.8, 4) is 11.4 Å². The van der Waals surface area contributed by atoms with Gasteiger partial charge in [0.1, 0.15) is 100 Å². The van der Waals surface area contributed by atoms with Crippen LogP contribution in [-0.2, 0) is 91.0 Å². The smallest absolute Gasteiger partial charge is 0.330 e. The van der Waals surface area contributed by atoms with E-state index < -0.39 is 218 Å². The summed E-state index contributed by atoms with van der Waals surface area (Å²) >= 11 is 0. The highest BCUT2D eigenvalue weighted by atomic mass is 16.5. The summed E-state index contributed by atoms with van der Waals surface area (Å²) in [5.41, 5.74) is -26.5. The number of ether oxygens (including phenoxy) is 1. The predicted octanol–water partition coefficient (Wildman–Crippen LogP) is 7.68. The minimum absolute atomic E-state index is 0.133. The van der Waals surface area contributed by atoms with E-state index in [9.17, 15) is 43.2 Å². The molecular formula is C109H170N20O20. The molecule has 0 aliphatic heterocycles. The summed E-state index contributed by atoms with van der Waals surface area (Å²) in [5, 5.41) is 52.5. The second-order valence-corrected chi connectivity index (χ2v) is 48.9. The molecule has 2 aromatic rings. The Hall–Kier alpha value is -11.8. The second-order valence-electron chi connectivity index (χ2n) is 48.9. The van der Waals surface area contributed by atoms with Gasteiger partial charge in [0.15, 0.2) is 0 Å². The molecule has 0 spiro atoms. The maximum absolute atomic E-state index is 15.3. The van der Waals surface area contributed by atoms with Crippen LogP contribution in [0.3, 0.4) is 0 Å². The number of nitrogens with zero attached hydrogens (tertiary/aromatic N) is 2. The van der Waals surface area contributed by atoms with Crippen LogP contribution in [0.15, 0.2) is 42.7 Å². The van der Waals surface area contributed by atoms with Crippen molar-refractivity contribution in [1.29, 1.82) is 0 Å². The molecule has 2 aromatic heterocycles. The maximum Gasteiger partial charge on any atom is 0.330 e. The van der Waals surface area contributed by atoms with Gasteiger partial charge >= 0.3 is 5.97 Å². The van der Waals surface area contributed by atoms with E-state index in [2.05, 4.69) is 106 Å². The number of amides is 18. The number of pyridine rings is 2. The fraction of sp³-hybridized carbons (Fsp3) is 0.734. The number of hydrogen-bond acceptors (Lipinski definition) is 22. The number of methoxy groups -OCH3 is 1. The van der Waals surface area contributed by atoms with Crippen molar-refractivity contribution in [2.75, 3.05) is 7.11 Å². The lowest BCUT2D eigenvalue weighted by atomic mass is 9.78. The lowest BCUT2D eigenvalue weighted by molar-refractivity contribution is -0.150. The number of rotatable bonds is 39. The fourth-order valence-electron chi connectivity index (χ4n) is 21.8. The lowest BCUT2D eigenvalue weighted by Gasteiger charge is -2.44. The highest BCUT2D eigenvalue weighted by Crippen LogP contribution is 2.41. The summed E-state index contributed by atoms with van der Waals surface area (Å²) in [7, 11) is 1.20. The topological polar surface area (TPSA) is 576 Å². The van der Waals surface area contributed by atoms with E-state index in [1.807, 2.05) is 6.07 Å². The van der Waals surface area contributed by atoms with E-state index in [-0.39, 0.29) is 108 Å². The van der Waals surface area contributed by atoms with Gasteiger partial charge in [-0.05, 0) is 258 Å². The molecule has 8 aliphatic rings. The van der Waals surface area contributed by atoms with Crippen LogP contribution in [0.25, 0.3) is 11.4 Å². The molecule has 40 heteroatoms. The average molecular weight is 2080 g/mol. The molecule has 826 valence electrons. The van der Waals surface area contributed by atoms with E-state index in [1.165, 1.54) is 138 Å². The van der Waals surface area contributed by atoms with Crippen LogP contribution in [0.1, 0.15) is 406 Å². The van der Waals surface area contributed by atoms with Crippen molar-refractivity contribution in [3.05, 3.63) is 48.3 Å². The first kappa shape index (κ1) is 119. The van der Waals surface area contributed by atoms with Crippen LogP contribution >= 0.6 is 0 Å². The van der Waals surface area contributed by atoms with E-state index in [0.717, 1.165) is 25.7 Å². The zero-order chi connectivity index (χ0) is 110. The molecule has 1 atom stereocenters. The molecule has 0 aromatic carbocycles. The second kappa shape index (κ2) is 47.0. The molecule has 18 amide bonds. The number of nitrogens with one attached hydrogen (secondary N) is 18. The van der Waals surface area contributed by atoms with Gasteiger partial charge in [0.05, 0.1) is 24.1 Å². The first-order valence-electron chi connectivity index (χ1n) is 54.2. The Balaban J connectivity index is 0.747. The van der Waals surface area contributed by atoms with E-state index in [1.54, 1.807) is 44.3 Å². The van der Waals surface area contributed by atoms with Crippen molar-refractivity contribution in [1.82, 2.24) is 106 Å². The Morgan fingerprint density at radius 3 is 0.651 bits per heavy atom. The monoisotopic (exact) mass is 2080 g/mol. The van der Waals surface area contributed by atoms with Gasteiger partial charge in [0.2, 0.25) is 100 Å². The molecule has 40 nitrogen and oxygen atoms in total. The molecule has 0 radical (unpaired) electrons. The lowest BCUT2D eigenvalue weighted by Crippen LogP contribution is -2.73. The zero-order valence-electron chi connectivity index (χ0n) is 92.0. The maximum atomic E-state index is 15.3. The molecule has 10 rings (SSSR count). The van der Waals surface area contributed by atoms with Gasteiger partial charge in [-0.2, -0.15) is 0 Å². The Labute approximate surface area is 877 Å². The molecule has 0 saturated heterocycles. The van der Waals surface area contributed by atoms with Crippen molar-refractivity contribution in [2.45, 2.75) is 496 Å². The minimum Gasteiger partial charge on any atom is -0.467 e. The summed E-state index contributed by atoms with van der Waals surface area (Å²) in [6, 6.07) is 7.48. The van der Waals surface area contributed by atoms with Crippen LogP contribution in [0, 0.1) is 5.92 Å². The van der Waals surface area contributed by atoms with Crippen molar-refractivity contribution in [2.24, 2.45) is 5.92 Å². The first-order valence-corrected chi connectivity index (χ1v) is 54.2. The van der Waals surface area contributed by atoms with Crippen molar-refractivity contribution in [3.63, 3.8) is 0 Å². The molecular weight excluding hydrogens is 1910 g/mol. The number of hydrogen-bond donors (Lipinski definition) is 18. The zero-order valence-corrected chi connectivity index (χ0v) is 92.0. The number of carbonyl (C=O) groups is 19. The third-order valence-electron chi connectivity index (χ3n) is 32.2. The molecule has 8 fully saturated rings. The summed E-state index contributed by atoms with van der Waals surface area (Å²) < 4.78 is 4.88.